The number of carboxylic acid groups (broad SMARTS) is 1. The van der Waals surface area contributed by atoms with Crippen LogP contribution < -0.4 is 5.11 Å². The van der Waals surface area contributed by atoms with E-state index in [1.54, 1.807) is 12.2 Å². The van der Waals surface area contributed by atoms with Crippen LogP contribution in [-0.4, -0.2) is 23.0 Å². The average molecular weight is 183 g/mol. The molecule has 1 aliphatic rings. The van der Waals surface area contributed by atoms with Crippen LogP contribution in [0.5, 0.6) is 0 Å². The highest BCUT2D eigenvalue weighted by Gasteiger charge is 2.16. The molecular formula is C9H11O4-. The van der Waals surface area contributed by atoms with E-state index in [2.05, 4.69) is 0 Å². The molecule has 4 heteroatoms. The standard InChI is InChI=1S/C9H12O4/c10-7-3-1-6(2-4-7)5-8(11)9(12)13/h1,3,6-7,10H,2,4-5H2,(H,12,13)/p-1/t6-,7+/m1/s1. The first kappa shape index (κ1) is 9.92. The van der Waals surface area contributed by atoms with Gasteiger partial charge in [-0.25, -0.2) is 0 Å². The molecule has 0 aliphatic heterocycles. The van der Waals surface area contributed by atoms with E-state index >= 15 is 0 Å². The molecule has 1 rings (SSSR count). The maximum atomic E-state index is 10.7. The van der Waals surface area contributed by atoms with Crippen molar-refractivity contribution in [3.63, 3.8) is 0 Å². The van der Waals surface area contributed by atoms with Crippen molar-refractivity contribution in [1.29, 1.82) is 0 Å². The molecule has 0 aromatic rings. The number of carboxylic acids is 1. The number of carbonyl (C=O) groups excluding carboxylic acids is 2. The SMILES string of the molecule is O=C([O-])C(=O)C[C@@H]1C=C[C@H](O)CC1. The minimum absolute atomic E-state index is 0.0223. The molecule has 13 heavy (non-hydrogen) atoms. The lowest BCUT2D eigenvalue weighted by Crippen LogP contribution is -2.33. The van der Waals surface area contributed by atoms with Gasteiger partial charge in [-0.2, -0.15) is 0 Å². The number of aliphatic hydroxyl groups is 1. The summed E-state index contributed by atoms with van der Waals surface area (Å²) < 4.78 is 0. The Kier molecular flexibility index (Phi) is 3.19. The van der Waals surface area contributed by atoms with Crippen LogP contribution in [0.1, 0.15) is 19.3 Å². The molecule has 0 saturated heterocycles. The van der Waals surface area contributed by atoms with Crippen LogP contribution in [0.3, 0.4) is 0 Å². The summed E-state index contributed by atoms with van der Waals surface area (Å²) in [5, 5.41) is 19.2. The highest BCUT2D eigenvalue weighted by Crippen LogP contribution is 2.20. The number of aliphatic carboxylic acids is 1. The van der Waals surface area contributed by atoms with Crippen molar-refractivity contribution in [2.45, 2.75) is 25.4 Å². The number of hydrogen-bond donors (Lipinski definition) is 1. The van der Waals surface area contributed by atoms with E-state index in [4.69, 9.17) is 5.11 Å². The maximum absolute atomic E-state index is 10.7. The third kappa shape index (κ3) is 2.99. The zero-order chi connectivity index (χ0) is 9.84. The summed E-state index contributed by atoms with van der Waals surface area (Å²) in [6.45, 7) is 0. The quantitative estimate of drug-likeness (QED) is 0.450. The monoisotopic (exact) mass is 183 g/mol. The number of ketones is 1. The molecule has 0 amide bonds. The number of allylic oxidation sites excluding steroid dienone is 1. The van der Waals surface area contributed by atoms with E-state index in [1.165, 1.54) is 0 Å². The molecule has 0 fully saturated rings. The molecule has 4 nitrogen and oxygen atoms in total. The smallest absolute Gasteiger partial charge is 0.178 e. The Balaban J connectivity index is 2.43. The Morgan fingerprint density at radius 2 is 2.08 bits per heavy atom. The molecule has 0 saturated carbocycles. The van der Waals surface area contributed by atoms with Crippen molar-refractivity contribution >= 4 is 11.8 Å². The van der Waals surface area contributed by atoms with Gasteiger partial charge in [-0.05, 0) is 18.8 Å². The van der Waals surface area contributed by atoms with Crippen LogP contribution in [0.4, 0.5) is 0 Å². The summed E-state index contributed by atoms with van der Waals surface area (Å²) in [7, 11) is 0. The molecule has 0 unspecified atom stereocenters. The molecule has 0 bridgehead atoms. The molecule has 1 N–H and O–H groups in total. The van der Waals surface area contributed by atoms with E-state index in [1.807, 2.05) is 0 Å². The van der Waals surface area contributed by atoms with E-state index in [-0.39, 0.29) is 12.3 Å². The lowest BCUT2D eigenvalue weighted by molar-refractivity contribution is -0.300. The lowest BCUT2D eigenvalue weighted by atomic mass is 9.90. The van der Waals surface area contributed by atoms with Crippen molar-refractivity contribution in [3.05, 3.63) is 12.2 Å². The van der Waals surface area contributed by atoms with Crippen molar-refractivity contribution in [1.82, 2.24) is 0 Å². The van der Waals surface area contributed by atoms with Gasteiger partial charge in [0.05, 0.1) is 6.10 Å². The zero-order valence-corrected chi connectivity index (χ0v) is 7.10. The molecule has 0 aromatic carbocycles. The Morgan fingerprint density at radius 1 is 1.38 bits per heavy atom. The molecule has 0 heterocycles. The van der Waals surface area contributed by atoms with Crippen molar-refractivity contribution in [3.8, 4) is 0 Å². The van der Waals surface area contributed by atoms with Gasteiger partial charge in [0.1, 0.15) is 5.97 Å². The fourth-order valence-electron chi connectivity index (χ4n) is 1.35. The van der Waals surface area contributed by atoms with Crippen LogP contribution >= 0.6 is 0 Å². The summed E-state index contributed by atoms with van der Waals surface area (Å²) in [6, 6.07) is 0. The number of Topliss-reactive ketones (excluding diaryl/α,β-unsaturated/α-hetero) is 1. The molecule has 2 atom stereocenters. The fourth-order valence-corrected chi connectivity index (χ4v) is 1.35. The minimum atomic E-state index is -1.63. The maximum Gasteiger partial charge on any atom is 0.178 e. The van der Waals surface area contributed by atoms with Crippen LogP contribution in [0, 0.1) is 5.92 Å². The average Bonchev–Trinajstić information content (AvgIpc) is 2.08. The van der Waals surface area contributed by atoms with Crippen LogP contribution in [0.25, 0.3) is 0 Å². The number of carbonyl (C=O) groups is 2. The summed E-state index contributed by atoms with van der Waals surface area (Å²) in [5.74, 6) is -2.56. The summed E-state index contributed by atoms with van der Waals surface area (Å²) in [5.41, 5.74) is 0. The largest absolute Gasteiger partial charge is 0.542 e. The first-order valence-corrected chi connectivity index (χ1v) is 4.20. The first-order valence-electron chi connectivity index (χ1n) is 4.20. The topological polar surface area (TPSA) is 77.4 Å². The summed E-state index contributed by atoms with van der Waals surface area (Å²) >= 11 is 0. The van der Waals surface area contributed by atoms with Gasteiger partial charge in [0.2, 0.25) is 0 Å². The van der Waals surface area contributed by atoms with Crippen molar-refractivity contribution < 1.29 is 19.8 Å². The highest BCUT2D eigenvalue weighted by atomic mass is 16.4. The van der Waals surface area contributed by atoms with Gasteiger partial charge in [-0.1, -0.05) is 12.2 Å². The van der Waals surface area contributed by atoms with Crippen LogP contribution in [0.2, 0.25) is 0 Å². The fraction of sp³-hybridized carbons (Fsp3) is 0.556. The van der Waals surface area contributed by atoms with Crippen LogP contribution in [-0.2, 0) is 9.59 Å². The Morgan fingerprint density at radius 3 is 2.54 bits per heavy atom. The van der Waals surface area contributed by atoms with Crippen molar-refractivity contribution in [2.75, 3.05) is 0 Å². The van der Waals surface area contributed by atoms with Gasteiger partial charge in [0.25, 0.3) is 0 Å². The zero-order valence-electron chi connectivity index (χ0n) is 7.10. The number of hydrogen-bond acceptors (Lipinski definition) is 4. The predicted molar refractivity (Wildman–Crippen MR) is 42.5 cm³/mol. The summed E-state index contributed by atoms with van der Waals surface area (Å²) in [6.07, 6.45) is 4.05. The number of aliphatic hydroxyl groups excluding tert-OH is 1. The van der Waals surface area contributed by atoms with Crippen molar-refractivity contribution in [2.24, 2.45) is 5.92 Å². The molecule has 0 aromatic heterocycles. The minimum Gasteiger partial charge on any atom is -0.542 e. The molecule has 72 valence electrons. The predicted octanol–water partition coefficient (Wildman–Crippen LogP) is -0.977. The highest BCUT2D eigenvalue weighted by molar-refractivity contribution is 6.31. The van der Waals surface area contributed by atoms with Gasteiger partial charge >= 0.3 is 0 Å². The Bertz CT molecular complexity index is 244. The van der Waals surface area contributed by atoms with E-state index in [9.17, 15) is 14.7 Å². The van der Waals surface area contributed by atoms with E-state index in [0.717, 1.165) is 0 Å². The van der Waals surface area contributed by atoms with Gasteiger partial charge in [0.15, 0.2) is 5.78 Å². The van der Waals surface area contributed by atoms with E-state index in [0.29, 0.717) is 12.8 Å². The second kappa shape index (κ2) is 4.18. The molecule has 0 spiro atoms. The van der Waals surface area contributed by atoms with Gasteiger partial charge < -0.3 is 15.0 Å². The second-order valence-electron chi connectivity index (χ2n) is 3.20. The van der Waals surface area contributed by atoms with Gasteiger partial charge in [0, 0.05) is 6.42 Å². The Labute approximate surface area is 75.9 Å². The normalized spacial score (nSPS) is 27.2. The number of rotatable bonds is 3. The third-order valence-corrected chi connectivity index (χ3v) is 2.11. The molecular weight excluding hydrogens is 172 g/mol. The summed E-state index contributed by atoms with van der Waals surface area (Å²) in [4.78, 5) is 20.8. The van der Waals surface area contributed by atoms with E-state index < -0.39 is 17.9 Å². The Hall–Kier alpha value is -1.16. The van der Waals surface area contributed by atoms with Gasteiger partial charge in [-0.3, -0.25) is 4.79 Å². The lowest BCUT2D eigenvalue weighted by Gasteiger charge is -2.18. The second-order valence-corrected chi connectivity index (χ2v) is 3.20. The molecule has 0 radical (unpaired) electrons. The first-order chi connectivity index (χ1) is 6.09. The van der Waals surface area contributed by atoms with Gasteiger partial charge in [-0.15, -0.1) is 0 Å². The van der Waals surface area contributed by atoms with Crippen LogP contribution in [0.15, 0.2) is 12.2 Å². The molecule has 1 aliphatic carbocycles. The third-order valence-electron chi connectivity index (χ3n) is 2.11.